The van der Waals surface area contributed by atoms with Gasteiger partial charge in [-0.15, -0.1) is 0 Å². The molecule has 0 atom stereocenters. The molecule has 1 aliphatic rings. The summed E-state index contributed by atoms with van der Waals surface area (Å²) < 4.78 is 24.5. The van der Waals surface area contributed by atoms with E-state index in [-0.39, 0.29) is 34.2 Å². The van der Waals surface area contributed by atoms with Crippen LogP contribution in [-0.4, -0.2) is 26.7 Å². The number of hydrogen-bond donors (Lipinski definition) is 0. The number of rotatable bonds is 1. The van der Waals surface area contributed by atoms with Gasteiger partial charge in [-0.2, -0.15) is 0 Å². The van der Waals surface area contributed by atoms with Crippen molar-refractivity contribution in [2.45, 2.75) is 46.3 Å². The quantitative estimate of drug-likeness (QED) is 0.171. The van der Waals surface area contributed by atoms with Crippen molar-refractivity contribution < 1.29 is 18.1 Å². The van der Waals surface area contributed by atoms with Crippen molar-refractivity contribution in [3.63, 3.8) is 0 Å². The zero-order valence-electron chi connectivity index (χ0n) is 25.6. The summed E-state index contributed by atoms with van der Waals surface area (Å²) in [6, 6.07) is 37.0. The van der Waals surface area contributed by atoms with E-state index in [9.17, 15) is 0 Å². The predicted octanol–water partition coefficient (Wildman–Crippen LogP) is 10.7. The molecule has 46 heavy (non-hydrogen) atoms. The molecule has 8 aromatic rings. The molecule has 4 nitrogen and oxygen atoms in total. The Balaban J connectivity index is 0.000000164. The summed E-state index contributed by atoms with van der Waals surface area (Å²) in [5, 5.41) is 9.81. The molecule has 1 aliphatic heterocycles. The molecule has 0 bridgehead atoms. The number of furan rings is 2. The molecule has 0 saturated carbocycles. The highest BCUT2D eigenvalue weighted by molar-refractivity contribution is 6.62. The van der Waals surface area contributed by atoms with Crippen LogP contribution in [0.5, 0.6) is 0 Å². The number of para-hydroxylation sites is 2. The summed E-state index contributed by atoms with van der Waals surface area (Å²) in [7, 11) is -0.351. The molecule has 7 heteroatoms. The summed E-state index contributed by atoms with van der Waals surface area (Å²) in [5.41, 5.74) is 4.08. The van der Waals surface area contributed by atoms with Crippen LogP contribution in [-0.2, 0) is 9.31 Å². The van der Waals surface area contributed by atoms with Crippen LogP contribution in [0.25, 0.3) is 65.4 Å². The maximum absolute atomic E-state index is 6.19. The molecule has 0 N–H and O–H groups in total. The summed E-state index contributed by atoms with van der Waals surface area (Å²) in [4.78, 5) is 0. The van der Waals surface area contributed by atoms with Crippen molar-refractivity contribution in [2.24, 2.45) is 0 Å². The zero-order chi connectivity index (χ0) is 30.2. The zero-order valence-corrected chi connectivity index (χ0v) is 26.3. The van der Waals surface area contributed by atoms with Crippen molar-refractivity contribution in [2.75, 3.05) is 0 Å². The monoisotopic (exact) mass is 623 g/mol. The lowest BCUT2D eigenvalue weighted by molar-refractivity contribution is 0.00578. The summed E-state index contributed by atoms with van der Waals surface area (Å²) in [6.45, 7) is 8.30. The van der Waals surface area contributed by atoms with E-state index in [2.05, 4.69) is 82.3 Å². The SMILES string of the molecule is C.CC1(C)OB(c2ccc3c(ccc4c5ccccc5oc34)c2)OC1(C)C.Clc1ccc2c(ccc3c4ccccc4oc23)c1.[B]. The van der Waals surface area contributed by atoms with Gasteiger partial charge in [0.05, 0.1) is 11.2 Å². The topological polar surface area (TPSA) is 44.7 Å². The fourth-order valence-electron chi connectivity index (χ4n) is 6.14. The minimum atomic E-state index is -0.351. The highest BCUT2D eigenvalue weighted by Crippen LogP contribution is 2.38. The fraction of sp³-hybridized carbons (Fsp3) is 0.179. The first-order valence-electron chi connectivity index (χ1n) is 14.9. The maximum atomic E-state index is 6.19. The molecular formula is C39H34B2ClO4. The lowest BCUT2D eigenvalue weighted by atomic mass is 9.78. The fourth-order valence-corrected chi connectivity index (χ4v) is 6.32. The molecular weight excluding hydrogens is 590 g/mol. The van der Waals surface area contributed by atoms with Crippen LogP contribution in [0.1, 0.15) is 35.1 Å². The summed E-state index contributed by atoms with van der Waals surface area (Å²) >= 11 is 6.02. The van der Waals surface area contributed by atoms with Crippen LogP contribution in [0.3, 0.4) is 0 Å². The first-order chi connectivity index (χ1) is 21.2. The van der Waals surface area contributed by atoms with Crippen LogP contribution >= 0.6 is 11.6 Å². The second-order valence-electron chi connectivity index (χ2n) is 12.5. The van der Waals surface area contributed by atoms with Gasteiger partial charge in [0.1, 0.15) is 22.3 Å². The largest absolute Gasteiger partial charge is 0.494 e. The number of hydrogen-bond acceptors (Lipinski definition) is 4. The van der Waals surface area contributed by atoms with Gasteiger partial charge in [0.2, 0.25) is 0 Å². The number of halogens is 1. The van der Waals surface area contributed by atoms with Gasteiger partial charge >= 0.3 is 7.12 Å². The van der Waals surface area contributed by atoms with E-state index in [1.165, 1.54) is 0 Å². The summed E-state index contributed by atoms with van der Waals surface area (Å²) in [5.74, 6) is 0. The van der Waals surface area contributed by atoms with Crippen LogP contribution < -0.4 is 5.46 Å². The van der Waals surface area contributed by atoms with E-state index in [0.717, 1.165) is 75.9 Å². The van der Waals surface area contributed by atoms with Gasteiger partial charge in [-0.3, -0.25) is 0 Å². The van der Waals surface area contributed by atoms with Gasteiger partial charge in [0, 0.05) is 45.8 Å². The van der Waals surface area contributed by atoms with Crippen LogP contribution in [0.2, 0.25) is 5.02 Å². The Morgan fingerprint density at radius 3 is 1.52 bits per heavy atom. The third kappa shape index (κ3) is 5.06. The normalized spacial score (nSPS) is 15.3. The molecule has 3 radical (unpaired) electrons. The third-order valence-electron chi connectivity index (χ3n) is 9.23. The van der Waals surface area contributed by atoms with E-state index in [1.807, 2.05) is 54.6 Å². The van der Waals surface area contributed by atoms with Crippen molar-refractivity contribution in [3.05, 3.63) is 114 Å². The Hall–Kier alpha value is -4.22. The molecule has 0 unspecified atom stereocenters. The number of benzene rings is 6. The molecule has 227 valence electrons. The van der Waals surface area contributed by atoms with E-state index < -0.39 is 0 Å². The molecule has 0 spiro atoms. The molecule has 1 saturated heterocycles. The van der Waals surface area contributed by atoms with Crippen molar-refractivity contribution in [3.8, 4) is 0 Å². The van der Waals surface area contributed by atoms with E-state index in [1.54, 1.807) is 0 Å². The van der Waals surface area contributed by atoms with E-state index >= 15 is 0 Å². The second-order valence-corrected chi connectivity index (χ2v) is 13.0. The standard InChI is InChI=1S/C22H21BO3.C16H9ClO.CH4.B/c1-21(2)22(3,4)26-23(25-21)15-10-12-16-14(13-15)9-11-18-17-7-5-6-8-19(17)24-20(16)18;17-11-6-8-12-10(9-11)5-7-14-13-3-1-2-4-15(13)18-16(12)14;;/h5-13H,1-4H3;1-9H;1H4;. The number of fused-ring (bicyclic) bond motifs is 10. The lowest BCUT2D eigenvalue weighted by Gasteiger charge is -2.32. The van der Waals surface area contributed by atoms with Gasteiger partial charge in [0.25, 0.3) is 0 Å². The van der Waals surface area contributed by atoms with Gasteiger partial charge in [-0.25, -0.2) is 0 Å². The first-order valence-corrected chi connectivity index (χ1v) is 15.3. The second kappa shape index (κ2) is 11.5. The Kier molecular flexibility index (Phi) is 7.97. The molecule has 6 aromatic carbocycles. The minimum absolute atomic E-state index is 0. The summed E-state index contributed by atoms with van der Waals surface area (Å²) in [6.07, 6.45) is 0. The van der Waals surface area contributed by atoms with E-state index in [0.29, 0.717) is 0 Å². The Bertz CT molecular complexity index is 2370. The smallest absolute Gasteiger partial charge is 0.455 e. The highest BCUT2D eigenvalue weighted by atomic mass is 35.5. The van der Waals surface area contributed by atoms with Gasteiger partial charge in [0.15, 0.2) is 0 Å². The Morgan fingerprint density at radius 2 is 0.978 bits per heavy atom. The van der Waals surface area contributed by atoms with Crippen molar-refractivity contribution in [1.82, 2.24) is 0 Å². The lowest BCUT2D eigenvalue weighted by Crippen LogP contribution is -2.41. The average Bonchev–Trinajstić information content (AvgIpc) is 3.65. The van der Waals surface area contributed by atoms with Gasteiger partial charge in [-0.05, 0) is 86.4 Å². The molecule has 1 fully saturated rings. The van der Waals surface area contributed by atoms with E-state index in [4.69, 9.17) is 29.7 Å². The Labute approximate surface area is 275 Å². The van der Waals surface area contributed by atoms with Gasteiger partial charge in [-0.1, -0.05) is 85.8 Å². The average molecular weight is 624 g/mol. The molecule has 0 amide bonds. The third-order valence-corrected chi connectivity index (χ3v) is 9.47. The molecule has 3 heterocycles. The van der Waals surface area contributed by atoms with Crippen LogP contribution in [0.15, 0.2) is 118 Å². The molecule has 2 aromatic heterocycles. The first kappa shape index (κ1) is 31.7. The van der Waals surface area contributed by atoms with Crippen LogP contribution in [0, 0.1) is 0 Å². The van der Waals surface area contributed by atoms with Crippen molar-refractivity contribution >= 4 is 98.0 Å². The predicted molar refractivity (Wildman–Crippen MR) is 196 cm³/mol. The highest BCUT2D eigenvalue weighted by Gasteiger charge is 2.51. The molecule has 9 rings (SSSR count). The van der Waals surface area contributed by atoms with Crippen LogP contribution in [0.4, 0.5) is 0 Å². The minimum Gasteiger partial charge on any atom is -0.455 e. The van der Waals surface area contributed by atoms with Gasteiger partial charge < -0.3 is 18.1 Å². The maximum Gasteiger partial charge on any atom is 0.494 e. The Morgan fingerprint density at radius 1 is 0.522 bits per heavy atom. The van der Waals surface area contributed by atoms with Crippen molar-refractivity contribution in [1.29, 1.82) is 0 Å². The molecule has 0 aliphatic carbocycles.